The van der Waals surface area contributed by atoms with Gasteiger partial charge in [-0.1, -0.05) is 19.1 Å². The number of aliphatic hydroxyl groups excluding tert-OH is 1. The number of halogens is 3. The van der Waals surface area contributed by atoms with E-state index in [9.17, 15) is 31.5 Å². The van der Waals surface area contributed by atoms with E-state index in [0.717, 1.165) is 12.4 Å². The molecule has 0 aliphatic heterocycles. The van der Waals surface area contributed by atoms with Crippen LogP contribution in [0.4, 0.5) is 13.2 Å². The first-order valence-electron chi connectivity index (χ1n) is 13.1. The Balaban J connectivity index is 2.04. The first-order chi connectivity index (χ1) is 19.4. The number of nitrogens with one attached hydrogen (secondary N) is 1. The molecule has 1 amide bonds. The molecule has 2 atom stereocenters. The fourth-order valence-electron chi connectivity index (χ4n) is 4.22. The molecule has 2 heterocycles. The molecule has 0 saturated carbocycles. The monoisotopic (exact) mass is 612 g/mol. The van der Waals surface area contributed by atoms with Gasteiger partial charge in [0.1, 0.15) is 5.56 Å². The van der Waals surface area contributed by atoms with Crippen molar-refractivity contribution in [1.29, 1.82) is 0 Å². The molecule has 2 N–H and O–H groups in total. The molecule has 42 heavy (non-hydrogen) atoms. The van der Waals surface area contributed by atoms with Crippen LogP contribution in [0.5, 0.6) is 11.6 Å². The summed E-state index contributed by atoms with van der Waals surface area (Å²) < 4.78 is 79.0. The molecule has 230 valence electrons. The SMILES string of the molecule is CCS(=O)(=O)c1ccc(C(COC)NC(=O)c2nn(C(C)(C)C)c(Oc3cncc(C(C)O)c3C(F)(F)F)c2C)cc1. The molecule has 0 fully saturated rings. The summed E-state index contributed by atoms with van der Waals surface area (Å²) in [6, 6.07) is 5.34. The zero-order valence-electron chi connectivity index (χ0n) is 24.4. The highest BCUT2D eigenvalue weighted by molar-refractivity contribution is 7.91. The van der Waals surface area contributed by atoms with Gasteiger partial charge in [0.05, 0.1) is 41.1 Å². The van der Waals surface area contributed by atoms with Gasteiger partial charge in [-0.25, -0.2) is 13.1 Å². The van der Waals surface area contributed by atoms with E-state index in [1.807, 2.05) is 0 Å². The van der Waals surface area contributed by atoms with Crippen LogP contribution in [0.3, 0.4) is 0 Å². The number of nitrogens with zero attached hydrogens (tertiary/aromatic N) is 3. The van der Waals surface area contributed by atoms with E-state index in [4.69, 9.17) is 9.47 Å². The maximum Gasteiger partial charge on any atom is 0.420 e. The Morgan fingerprint density at radius 1 is 1.14 bits per heavy atom. The van der Waals surface area contributed by atoms with Gasteiger partial charge in [0, 0.05) is 24.4 Å². The molecule has 0 radical (unpaired) electrons. The van der Waals surface area contributed by atoms with Gasteiger partial charge in [0.15, 0.2) is 21.3 Å². The number of hydrogen-bond donors (Lipinski definition) is 2. The van der Waals surface area contributed by atoms with Crippen LogP contribution in [-0.4, -0.2) is 53.7 Å². The highest BCUT2D eigenvalue weighted by Gasteiger charge is 2.40. The van der Waals surface area contributed by atoms with Gasteiger partial charge in [0.2, 0.25) is 5.88 Å². The minimum atomic E-state index is -4.87. The van der Waals surface area contributed by atoms with Crippen LogP contribution in [0.2, 0.25) is 0 Å². The number of hydrogen-bond acceptors (Lipinski definition) is 8. The van der Waals surface area contributed by atoms with E-state index in [0.29, 0.717) is 5.56 Å². The number of ether oxygens (including phenoxy) is 2. The van der Waals surface area contributed by atoms with Crippen molar-refractivity contribution in [3.8, 4) is 11.6 Å². The molecule has 0 aliphatic rings. The molecule has 0 aliphatic carbocycles. The number of aromatic nitrogens is 3. The average Bonchev–Trinajstić information content (AvgIpc) is 3.24. The summed E-state index contributed by atoms with van der Waals surface area (Å²) in [5, 5.41) is 17.2. The molecule has 2 unspecified atom stereocenters. The van der Waals surface area contributed by atoms with E-state index >= 15 is 0 Å². The van der Waals surface area contributed by atoms with Gasteiger partial charge in [-0.2, -0.15) is 18.3 Å². The van der Waals surface area contributed by atoms with Crippen molar-refractivity contribution in [2.45, 2.75) is 70.3 Å². The molecule has 10 nitrogen and oxygen atoms in total. The smallest absolute Gasteiger partial charge is 0.420 e. The number of amides is 1. The Bertz CT molecular complexity index is 1530. The van der Waals surface area contributed by atoms with E-state index < -0.39 is 56.5 Å². The van der Waals surface area contributed by atoms with Crippen molar-refractivity contribution in [2.24, 2.45) is 0 Å². The van der Waals surface area contributed by atoms with E-state index in [-0.39, 0.29) is 34.4 Å². The van der Waals surface area contributed by atoms with Crippen LogP contribution in [0, 0.1) is 6.92 Å². The van der Waals surface area contributed by atoms with Crippen molar-refractivity contribution in [3.63, 3.8) is 0 Å². The van der Waals surface area contributed by atoms with Crippen LogP contribution in [0.15, 0.2) is 41.6 Å². The third-order valence-electron chi connectivity index (χ3n) is 6.46. The number of carbonyl (C=O) groups is 1. The zero-order chi connectivity index (χ0) is 31.6. The van der Waals surface area contributed by atoms with Crippen LogP contribution in [0.25, 0.3) is 0 Å². The average molecular weight is 613 g/mol. The topological polar surface area (TPSA) is 133 Å². The molecular weight excluding hydrogens is 577 g/mol. The summed E-state index contributed by atoms with van der Waals surface area (Å²) in [6.07, 6.45) is -4.52. The fourth-order valence-corrected chi connectivity index (χ4v) is 5.10. The number of pyridine rings is 1. The number of alkyl halides is 3. The minimum absolute atomic E-state index is 0.0424. The first-order valence-corrected chi connectivity index (χ1v) is 14.7. The Morgan fingerprint density at radius 2 is 1.76 bits per heavy atom. The summed E-state index contributed by atoms with van der Waals surface area (Å²) >= 11 is 0. The second-order valence-electron chi connectivity index (χ2n) is 10.7. The van der Waals surface area contributed by atoms with Crippen molar-refractivity contribution in [1.82, 2.24) is 20.1 Å². The molecule has 3 rings (SSSR count). The Kier molecular flexibility index (Phi) is 9.74. The number of aliphatic hydroxyl groups is 1. The summed E-state index contributed by atoms with van der Waals surface area (Å²) in [4.78, 5) is 17.4. The maximum absolute atomic E-state index is 14.1. The van der Waals surface area contributed by atoms with Gasteiger partial charge in [-0.05, 0) is 52.3 Å². The lowest BCUT2D eigenvalue weighted by Gasteiger charge is -2.24. The number of methoxy groups -OCH3 is 1. The Hall–Kier alpha value is -3.49. The lowest BCUT2D eigenvalue weighted by molar-refractivity contribution is -0.140. The predicted molar refractivity (Wildman–Crippen MR) is 148 cm³/mol. The highest BCUT2D eigenvalue weighted by Crippen LogP contribution is 2.43. The molecule has 14 heteroatoms. The highest BCUT2D eigenvalue weighted by atomic mass is 32.2. The predicted octanol–water partition coefficient (Wildman–Crippen LogP) is 5.12. The van der Waals surface area contributed by atoms with Crippen LogP contribution in [-0.2, 0) is 26.3 Å². The van der Waals surface area contributed by atoms with Gasteiger partial charge in [-0.15, -0.1) is 0 Å². The van der Waals surface area contributed by atoms with Crippen molar-refractivity contribution in [2.75, 3.05) is 19.5 Å². The number of sulfone groups is 1. The van der Waals surface area contributed by atoms with Crippen LogP contribution < -0.4 is 10.1 Å². The molecule has 0 saturated heterocycles. The summed E-state index contributed by atoms with van der Waals surface area (Å²) in [5.41, 5.74) is -1.83. The third kappa shape index (κ3) is 7.10. The standard InChI is InChI=1S/C28H35F3N4O6S/c1-8-42(38,39)19-11-9-18(10-12-19)21(15-40-7)33-25(37)24-16(2)26(35(34-24)27(4,5)6)41-22-14-32-13-20(17(3)36)23(22)28(29,30)31/h9-14,17,21,36H,8,15H2,1-7H3,(H,33,37). The summed E-state index contributed by atoms with van der Waals surface area (Å²) in [5.74, 6) is -1.48. The fraction of sp³-hybridized carbons (Fsp3) is 0.464. The third-order valence-corrected chi connectivity index (χ3v) is 8.21. The van der Waals surface area contributed by atoms with Crippen molar-refractivity contribution in [3.05, 3.63) is 64.6 Å². The van der Waals surface area contributed by atoms with Gasteiger partial charge < -0.3 is 19.9 Å². The number of carbonyl (C=O) groups excluding carboxylic acids is 1. The summed E-state index contributed by atoms with van der Waals surface area (Å²) in [7, 11) is -1.98. The van der Waals surface area contributed by atoms with E-state index in [1.165, 1.54) is 37.8 Å². The lowest BCUT2D eigenvalue weighted by Crippen LogP contribution is -2.32. The Labute approximate surface area is 242 Å². The molecular formula is C28H35F3N4O6S. The quantitative estimate of drug-likeness (QED) is 0.323. The minimum Gasteiger partial charge on any atom is -0.437 e. The zero-order valence-corrected chi connectivity index (χ0v) is 25.2. The van der Waals surface area contributed by atoms with Crippen LogP contribution in [0.1, 0.15) is 79.5 Å². The van der Waals surface area contributed by atoms with Gasteiger partial charge >= 0.3 is 6.18 Å². The number of benzene rings is 1. The van der Waals surface area contributed by atoms with Crippen molar-refractivity contribution >= 4 is 15.7 Å². The van der Waals surface area contributed by atoms with Crippen LogP contribution >= 0.6 is 0 Å². The van der Waals surface area contributed by atoms with Gasteiger partial charge in [-0.3, -0.25) is 9.78 Å². The van der Waals surface area contributed by atoms with Crippen molar-refractivity contribution < 1.29 is 41.0 Å². The normalized spacial score (nSPS) is 14.0. The van der Waals surface area contributed by atoms with E-state index in [1.54, 1.807) is 39.8 Å². The molecule has 1 aromatic carbocycles. The maximum atomic E-state index is 14.1. The Morgan fingerprint density at radius 3 is 2.26 bits per heavy atom. The van der Waals surface area contributed by atoms with E-state index in [2.05, 4.69) is 15.4 Å². The molecule has 3 aromatic rings. The second kappa shape index (κ2) is 12.4. The first kappa shape index (κ1) is 33.0. The molecule has 0 spiro atoms. The largest absolute Gasteiger partial charge is 0.437 e. The molecule has 2 aromatic heterocycles. The van der Waals surface area contributed by atoms with Gasteiger partial charge in [0.25, 0.3) is 5.91 Å². The number of rotatable bonds is 10. The summed E-state index contributed by atoms with van der Waals surface area (Å²) in [6.45, 7) is 9.48. The second-order valence-corrected chi connectivity index (χ2v) is 13.0. The molecule has 0 bridgehead atoms. The lowest BCUT2D eigenvalue weighted by atomic mass is 10.0.